The molecule has 0 spiro atoms. The van der Waals surface area contributed by atoms with Crippen LogP contribution >= 0.6 is 0 Å². The lowest BCUT2D eigenvalue weighted by molar-refractivity contribution is 0.181. The van der Waals surface area contributed by atoms with E-state index in [0.29, 0.717) is 12.0 Å². The number of ether oxygens (including phenoxy) is 1. The molecule has 2 aliphatic heterocycles. The van der Waals surface area contributed by atoms with Crippen molar-refractivity contribution in [1.82, 2.24) is 10.2 Å². The Hall–Kier alpha value is -0.840. The first kappa shape index (κ1) is 13.2. The van der Waals surface area contributed by atoms with Crippen LogP contribution in [0.15, 0.2) is 22.8 Å². The summed E-state index contributed by atoms with van der Waals surface area (Å²) in [5, 5.41) is 3.61. The van der Waals surface area contributed by atoms with Crippen LogP contribution in [0, 0.1) is 5.92 Å². The average molecular weight is 264 g/mol. The van der Waals surface area contributed by atoms with E-state index >= 15 is 0 Å². The highest BCUT2D eigenvalue weighted by atomic mass is 16.5. The molecule has 3 heterocycles. The number of furan rings is 1. The lowest BCUT2D eigenvalue weighted by Gasteiger charge is -2.26. The van der Waals surface area contributed by atoms with E-state index in [1.807, 2.05) is 6.07 Å². The molecule has 2 saturated heterocycles. The van der Waals surface area contributed by atoms with Crippen LogP contribution in [0.1, 0.15) is 31.1 Å². The minimum absolute atomic E-state index is 0.389. The molecule has 4 nitrogen and oxygen atoms in total. The highest BCUT2D eigenvalue weighted by molar-refractivity contribution is 5.06. The number of likely N-dealkylation sites (tertiary alicyclic amines) is 1. The van der Waals surface area contributed by atoms with Gasteiger partial charge < -0.3 is 14.5 Å². The highest BCUT2D eigenvalue weighted by Gasteiger charge is 2.25. The van der Waals surface area contributed by atoms with Gasteiger partial charge in [-0.05, 0) is 50.4 Å². The Morgan fingerprint density at radius 2 is 2.26 bits per heavy atom. The molecular formula is C15H24N2O2. The fraction of sp³-hybridized carbons (Fsp3) is 0.733. The predicted molar refractivity (Wildman–Crippen MR) is 74.1 cm³/mol. The molecule has 0 bridgehead atoms. The summed E-state index contributed by atoms with van der Waals surface area (Å²) in [6.07, 6.45) is 5.60. The number of nitrogens with zero attached hydrogens (tertiary/aromatic N) is 1. The van der Waals surface area contributed by atoms with Crippen molar-refractivity contribution in [2.75, 3.05) is 39.4 Å². The predicted octanol–water partition coefficient (Wildman–Crippen LogP) is 2.04. The van der Waals surface area contributed by atoms with Crippen LogP contribution in [0.4, 0.5) is 0 Å². The fourth-order valence-electron chi connectivity index (χ4n) is 3.11. The lowest BCUT2D eigenvalue weighted by atomic mass is 10.1. The zero-order chi connectivity index (χ0) is 12.9. The van der Waals surface area contributed by atoms with Gasteiger partial charge in [0.05, 0.1) is 18.9 Å². The molecule has 106 valence electrons. The van der Waals surface area contributed by atoms with Crippen LogP contribution in [-0.4, -0.2) is 44.3 Å². The maximum Gasteiger partial charge on any atom is 0.122 e. The Bertz CT molecular complexity index is 354. The van der Waals surface area contributed by atoms with Gasteiger partial charge in [0.2, 0.25) is 0 Å². The molecule has 1 aromatic heterocycles. The molecule has 3 rings (SSSR count). The van der Waals surface area contributed by atoms with E-state index in [-0.39, 0.29) is 0 Å². The molecule has 0 saturated carbocycles. The Kier molecular flexibility index (Phi) is 4.53. The molecule has 1 N–H and O–H groups in total. The monoisotopic (exact) mass is 264 g/mol. The Balaban J connectivity index is 1.53. The maximum atomic E-state index is 5.62. The van der Waals surface area contributed by atoms with Crippen LogP contribution in [0.2, 0.25) is 0 Å². The molecule has 2 atom stereocenters. The summed E-state index contributed by atoms with van der Waals surface area (Å²) in [6.45, 7) is 6.27. The largest absolute Gasteiger partial charge is 0.468 e. The second kappa shape index (κ2) is 6.55. The van der Waals surface area contributed by atoms with Gasteiger partial charge >= 0.3 is 0 Å². The van der Waals surface area contributed by atoms with Gasteiger partial charge in [0.15, 0.2) is 0 Å². The third-order valence-electron chi connectivity index (χ3n) is 4.25. The van der Waals surface area contributed by atoms with Gasteiger partial charge in [0.25, 0.3) is 0 Å². The molecule has 0 amide bonds. The van der Waals surface area contributed by atoms with Gasteiger partial charge in [-0.25, -0.2) is 0 Å². The Morgan fingerprint density at radius 3 is 2.95 bits per heavy atom. The Morgan fingerprint density at radius 1 is 1.37 bits per heavy atom. The molecule has 1 aromatic rings. The van der Waals surface area contributed by atoms with Gasteiger partial charge in [-0.15, -0.1) is 0 Å². The third kappa shape index (κ3) is 3.38. The topological polar surface area (TPSA) is 37.6 Å². The van der Waals surface area contributed by atoms with Crippen molar-refractivity contribution < 1.29 is 9.15 Å². The Labute approximate surface area is 115 Å². The number of hydrogen-bond donors (Lipinski definition) is 1. The summed E-state index contributed by atoms with van der Waals surface area (Å²) in [4.78, 5) is 2.54. The zero-order valence-electron chi connectivity index (χ0n) is 11.5. The van der Waals surface area contributed by atoms with Crippen molar-refractivity contribution in [3.8, 4) is 0 Å². The van der Waals surface area contributed by atoms with E-state index in [0.717, 1.165) is 32.1 Å². The van der Waals surface area contributed by atoms with Gasteiger partial charge in [-0.3, -0.25) is 4.90 Å². The second-order valence-corrected chi connectivity index (χ2v) is 5.66. The first-order chi connectivity index (χ1) is 9.43. The molecule has 2 fully saturated rings. The summed E-state index contributed by atoms with van der Waals surface area (Å²) >= 11 is 0. The lowest BCUT2D eigenvalue weighted by Crippen LogP contribution is -2.36. The summed E-state index contributed by atoms with van der Waals surface area (Å²) in [5.41, 5.74) is 0. The molecule has 4 heteroatoms. The van der Waals surface area contributed by atoms with Crippen molar-refractivity contribution in [3.63, 3.8) is 0 Å². The minimum atomic E-state index is 0.389. The van der Waals surface area contributed by atoms with Gasteiger partial charge in [-0.1, -0.05) is 0 Å². The number of nitrogens with one attached hydrogen (secondary N) is 1. The second-order valence-electron chi connectivity index (χ2n) is 5.66. The van der Waals surface area contributed by atoms with E-state index in [2.05, 4.69) is 16.3 Å². The van der Waals surface area contributed by atoms with E-state index in [9.17, 15) is 0 Å². The average Bonchev–Trinajstić information content (AvgIpc) is 3.15. The number of rotatable bonds is 6. The van der Waals surface area contributed by atoms with E-state index < -0.39 is 0 Å². The maximum absolute atomic E-state index is 5.62. The first-order valence-electron chi connectivity index (χ1n) is 7.49. The van der Waals surface area contributed by atoms with E-state index in [4.69, 9.17) is 9.15 Å². The normalized spacial score (nSPS) is 26.0. The van der Waals surface area contributed by atoms with Crippen molar-refractivity contribution in [2.24, 2.45) is 5.92 Å². The van der Waals surface area contributed by atoms with Crippen LogP contribution in [0.5, 0.6) is 0 Å². The summed E-state index contributed by atoms with van der Waals surface area (Å²) in [7, 11) is 0. The van der Waals surface area contributed by atoms with Gasteiger partial charge in [0.1, 0.15) is 5.76 Å². The van der Waals surface area contributed by atoms with Crippen LogP contribution < -0.4 is 5.32 Å². The smallest absolute Gasteiger partial charge is 0.122 e. The summed E-state index contributed by atoms with van der Waals surface area (Å²) < 4.78 is 11.0. The zero-order valence-corrected chi connectivity index (χ0v) is 11.5. The quantitative estimate of drug-likeness (QED) is 0.853. The molecule has 0 radical (unpaired) electrons. The molecule has 2 aliphatic rings. The number of hydrogen-bond acceptors (Lipinski definition) is 4. The van der Waals surface area contributed by atoms with Crippen molar-refractivity contribution in [1.29, 1.82) is 0 Å². The van der Waals surface area contributed by atoms with Crippen LogP contribution in [-0.2, 0) is 4.74 Å². The van der Waals surface area contributed by atoms with Crippen molar-refractivity contribution >= 4 is 0 Å². The van der Waals surface area contributed by atoms with Gasteiger partial charge in [-0.2, -0.15) is 0 Å². The van der Waals surface area contributed by atoms with E-state index in [1.165, 1.54) is 32.4 Å². The van der Waals surface area contributed by atoms with Crippen LogP contribution in [0.3, 0.4) is 0 Å². The molecule has 0 aromatic carbocycles. The summed E-state index contributed by atoms with van der Waals surface area (Å²) in [6, 6.07) is 4.48. The SMILES string of the molecule is c1coc(C(CNCC2CCOC2)N2CCCC2)c1. The van der Waals surface area contributed by atoms with Crippen molar-refractivity contribution in [2.45, 2.75) is 25.3 Å². The fourth-order valence-corrected chi connectivity index (χ4v) is 3.11. The molecule has 2 unspecified atom stereocenters. The van der Waals surface area contributed by atoms with Gasteiger partial charge in [0, 0.05) is 19.7 Å². The molecular weight excluding hydrogens is 240 g/mol. The first-order valence-corrected chi connectivity index (χ1v) is 7.49. The molecule has 19 heavy (non-hydrogen) atoms. The van der Waals surface area contributed by atoms with Crippen LogP contribution in [0.25, 0.3) is 0 Å². The van der Waals surface area contributed by atoms with E-state index in [1.54, 1.807) is 6.26 Å². The van der Waals surface area contributed by atoms with Crippen molar-refractivity contribution in [3.05, 3.63) is 24.2 Å². The molecule has 0 aliphatic carbocycles. The summed E-state index contributed by atoms with van der Waals surface area (Å²) in [5.74, 6) is 1.79. The highest BCUT2D eigenvalue weighted by Crippen LogP contribution is 2.25. The third-order valence-corrected chi connectivity index (χ3v) is 4.25. The minimum Gasteiger partial charge on any atom is -0.468 e. The standard InChI is InChI=1S/C15H24N2O2/c1-2-7-17(6-1)14(15-4-3-8-19-15)11-16-10-13-5-9-18-12-13/h3-4,8,13-14,16H,1-2,5-7,9-12H2.